The Morgan fingerprint density at radius 1 is 1.24 bits per heavy atom. The molecule has 0 radical (unpaired) electrons. The predicted molar refractivity (Wildman–Crippen MR) is 73.6 cm³/mol. The van der Waals surface area contributed by atoms with Crippen LogP contribution in [0.3, 0.4) is 0 Å². The molecule has 1 spiro atoms. The maximum atomic E-state index is 6.13. The van der Waals surface area contributed by atoms with Crippen LogP contribution in [-0.2, 0) is 4.74 Å². The normalized spacial score (nSPS) is 34.8. The number of rotatable bonds is 3. The lowest BCUT2D eigenvalue weighted by Crippen LogP contribution is -2.49. The van der Waals surface area contributed by atoms with Crippen LogP contribution in [0, 0.1) is 5.41 Å². The Morgan fingerprint density at radius 2 is 2.00 bits per heavy atom. The van der Waals surface area contributed by atoms with Gasteiger partial charge in [-0.3, -0.25) is 0 Å². The van der Waals surface area contributed by atoms with Gasteiger partial charge in [-0.1, -0.05) is 6.92 Å². The minimum atomic E-state index is 0.242. The van der Waals surface area contributed by atoms with Crippen molar-refractivity contribution in [2.45, 2.75) is 57.1 Å². The lowest BCUT2D eigenvalue weighted by molar-refractivity contribution is -0.0934. The molecule has 2 saturated heterocycles. The smallest absolute Gasteiger partial charge is 0.0713 e. The Morgan fingerprint density at radius 3 is 2.71 bits per heavy atom. The first-order valence-corrected chi connectivity index (χ1v) is 8.30. The maximum absolute atomic E-state index is 6.13. The van der Waals surface area contributed by atoms with E-state index in [1.807, 2.05) is 0 Å². The topological polar surface area (TPSA) is 21.3 Å². The molecule has 2 aliphatic heterocycles. The Balaban J connectivity index is 1.51. The summed E-state index contributed by atoms with van der Waals surface area (Å²) in [5.74, 6) is 2.59. The van der Waals surface area contributed by atoms with E-state index in [2.05, 4.69) is 24.0 Å². The van der Waals surface area contributed by atoms with E-state index in [1.165, 1.54) is 56.6 Å². The summed E-state index contributed by atoms with van der Waals surface area (Å²) >= 11 is 2.09. The molecule has 17 heavy (non-hydrogen) atoms. The van der Waals surface area contributed by atoms with Crippen molar-refractivity contribution < 1.29 is 4.74 Å². The molecule has 3 rings (SSSR count). The highest BCUT2D eigenvalue weighted by atomic mass is 32.2. The monoisotopic (exact) mass is 255 g/mol. The van der Waals surface area contributed by atoms with Crippen LogP contribution >= 0.6 is 11.8 Å². The van der Waals surface area contributed by atoms with Gasteiger partial charge in [0.1, 0.15) is 0 Å². The fraction of sp³-hybridized carbons (Fsp3) is 1.00. The molecule has 3 heteroatoms. The van der Waals surface area contributed by atoms with E-state index >= 15 is 0 Å². The van der Waals surface area contributed by atoms with Crippen LogP contribution in [0.1, 0.15) is 45.4 Å². The molecule has 2 nitrogen and oxygen atoms in total. The van der Waals surface area contributed by atoms with E-state index in [0.717, 1.165) is 6.61 Å². The Kier molecular flexibility index (Phi) is 3.44. The first-order valence-electron chi connectivity index (χ1n) is 7.15. The zero-order valence-electron chi connectivity index (χ0n) is 11.0. The van der Waals surface area contributed by atoms with Crippen molar-refractivity contribution in [3.8, 4) is 0 Å². The van der Waals surface area contributed by atoms with Gasteiger partial charge < -0.3 is 10.1 Å². The van der Waals surface area contributed by atoms with Crippen LogP contribution in [0.4, 0.5) is 0 Å². The molecule has 1 unspecified atom stereocenters. The lowest BCUT2D eigenvalue weighted by atomic mass is 9.85. The van der Waals surface area contributed by atoms with Crippen LogP contribution in [-0.4, -0.2) is 36.3 Å². The van der Waals surface area contributed by atoms with E-state index in [-0.39, 0.29) is 5.60 Å². The van der Waals surface area contributed by atoms with Gasteiger partial charge in [-0.05, 0) is 55.4 Å². The zero-order valence-corrected chi connectivity index (χ0v) is 11.8. The number of nitrogens with one attached hydrogen (secondary N) is 1. The van der Waals surface area contributed by atoms with E-state index < -0.39 is 0 Å². The van der Waals surface area contributed by atoms with Gasteiger partial charge in [-0.2, -0.15) is 11.8 Å². The van der Waals surface area contributed by atoms with Crippen molar-refractivity contribution >= 4 is 11.8 Å². The van der Waals surface area contributed by atoms with Crippen LogP contribution in [0.5, 0.6) is 0 Å². The number of thioether (sulfide) groups is 1. The van der Waals surface area contributed by atoms with Gasteiger partial charge in [0, 0.05) is 19.2 Å². The Labute approximate surface area is 109 Å². The third-order valence-corrected chi connectivity index (χ3v) is 5.80. The molecule has 2 heterocycles. The van der Waals surface area contributed by atoms with Crippen molar-refractivity contribution in [2.75, 3.05) is 24.7 Å². The standard InChI is InChI=1S/C14H25NOS/c1-13(3-4-13)11-15-12-2-7-16-14(10-12)5-8-17-9-6-14/h12,15H,2-11H2,1H3. The van der Waals surface area contributed by atoms with Crippen molar-refractivity contribution in [3.63, 3.8) is 0 Å². The second-order valence-corrected chi connectivity index (χ2v) is 7.75. The fourth-order valence-electron chi connectivity index (χ4n) is 3.07. The van der Waals surface area contributed by atoms with Crippen LogP contribution in [0.15, 0.2) is 0 Å². The summed E-state index contributed by atoms with van der Waals surface area (Å²) in [6.07, 6.45) is 7.85. The molecule has 0 aromatic carbocycles. The summed E-state index contributed by atoms with van der Waals surface area (Å²) < 4.78 is 6.13. The molecule has 0 bridgehead atoms. The third kappa shape index (κ3) is 2.99. The van der Waals surface area contributed by atoms with Gasteiger partial charge in [-0.25, -0.2) is 0 Å². The summed E-state index contributed by atoms with van der Waals surface area (Å²) in [4.78, 5) is 0. The summed E-state index contributed by atoms with van der Waals surface area (Å²) in [5.41, 5.74) is 0.875. The summed E-state index contributed by atoms with van der Waals surface area (Å²) in [7, 11) is 0. The Hall–Kier alpha value is 0.270. The average Bonchev–Trinajstić information content (AvgIpc) is 3.07. The van der Waals surface area contributed by atoms with Crippen molar-refractivity contribution in [1.29, 1.82) is 0 Å². The molecule has 0 aromatic rings. The number of hydrogen-bond acceptors (Lipinski definition) is 3. The van der Waals surface area contributed by atoms with Crippen LogP contribution in [0.25, 0.3) is 0 Å². The molecule has 3 fully saturated rings. The summed E-state index contributed by atoms with van der Waals surface area (Å²) in [6.45, 7) is 4.61. The molecule has 1 atom stereocenters. The van der Waals surface area contributed by atoms with Crippen LogP contribution in [0.2, 0.25) is 0 Å². The maximum Gasteiger partial charge on any atom is 0.0713 e. The molecular weight excluding hydrogens is 230 g/mol. The molecule has 1 N–H and O–H groups in total. The minimum absolute atomic E-state index is 0.242. The average molecular weight is 255 g/mol. The van der Waals surface area contributed by atoms with Crippen LogP contribution < -0.4 is 5.32 Å². The lowest BCUT2D eigenvalue weighted by Gasteiger charge is -2.43. The fourth-order valence-corrected chi connectivity index (χ4v) is 4.31. The summed E-state index contributed by atoms with van der Waals surface area (Å²) in [5, 5.41) is 3.81. The molecular formula is C14H25NOS. The molecule has 0 amide bonds. The van der Waals surface area contributed by atoms with E-state index in [0.29, 0.717) is 11.5 Å². The number of ether oxygens (including phenoxy) is 1. The van der Waals surface area contributed by atoms with Crippen molar-refractivity contribution in [3.05, 3.63) is 0 Å². The van der Waals surface area contributed by atoms with Gasteiger partial charge in [0.2, 0.25) is 0 Å². The molecule has 0 aromatic heterocycles. The minimum Gasteiger partial charge on any atom is -0.375 e. The van der Waals surface area contributed by atoms with Gasteiger partial charge in [0.05, 0.1) is 5.60 Å². The highest BCUT2D eigenvalue weighted by Gasteiger charge is 2.41. The highest BCUT2D eigenvalue weighted by Crippen LogP contribution is 2.44. The largest absolute Gasteiger partial charge is 0.375 e. The van der Waals surface area contributed by atoms with Crippen molar-refractivity contribution in [2.24, 2.45) is 5.41 Å². The molecule has 1 saturated carbocycles. The second kappa shape index (κ2) is 4.75. The summed E-state index contributed by atoms with van der Waals surface area (Å²) in [6, 6.07) is 0.712. The van der Waals surface area contributed by atoms with Gasteiger partial charge in [0.15, 0.2) is 0 Å². The highest BCUT2D eigenvalue weighted by molar-refractivity contribution is 7.99. The SMILES string of the molecule is CC1(CNC2CCOC3(CCSCC3)C2)CC1. The molecule has 1 aliphatic carbocycles. The van der Waals surface area contributed by atoms with Gasteiger partial charge in [0.25, 0.3) is 0 Å². The molecule has 3 aliphatic rings. The first-order chi connectivity index (χ1) is 8.20. The number of hydrogen-bond donors (Lipinski definition) is 1. The first kappa shape index (κ1) is 12.3. The Bertz CT molecular complexity index is 266. The quantitative estimate of drug-likeness (QED) is 0.838. The second-order valence-electron chi connectivity index (χ2n) is 6.53. The van der Waals surface area contributed by atoms with E-state index in [9.17, 15) is 0 Å². The third-order valence-electron chi connectivity index (χ3n) is 4.82. The van der Waals surface area contributed by atoms with Crippen molar-refractivity contribution in [1.82, 2.24) is 5.32 Å². The van der Waals surface area contributed by atoms with E-state index in [4.69, 9.17) is 4.74 Å². The molecule has 98 valence electrons. The predicted octanol–water partition coefficient (Wildman–Crippen LogP) is 2.82. The van der Waals surface area contributed by atoms with Gasteiger partial charge in [-0.15, -0.1) is 0 Å². The van der Waals surface area contributed by atoms with Gasteiger partial charge >= 0.3 is 0 Å². The zero-order chi connectivity index (χ0) is 11.8. The van der Waals surface area contributed by atoms with E-state index in [1.54, 1.807) is 0 Å².